The highest BCUT2D eigenvalue weighted by Crippen LogP contribution is 2.27. The van der Waals surface area contributed by atoms with Gasteiger partial charge in [0.05, 0.1) is 11.1 Å². The summed E-state index contributed by atoms with van der Waals surface area (Å²) in [4.78, 5) is 0. The van der Waals surface area contributed by atoms with E-state index < -0.39 is 6.10 Å². The lowest BCUT2D eigenvalue weighted by molar-refractivity contribution is 0.0970. The Morgan fingerprint density at radius 3 is 2.73 bits per heavy atom. The summed E-state index contributed by atoms with van der Waals surface area (Å²) >= 11 is 0. The van der Waals surface area contributed by atoms with Gasteiger partial charge in [-0.15, -0.1) is 6.42 Å². The lowest BCUT2D eigenvalue weighted by Gasteiger charge is -2.34. The van der Waals surface area contributed by atoms with E-state index in [0.717, 1.165) is 25.7 Å². The number of hydrogen-bond acceptors (Lipinski definition) is 4. The predicted molar refractivity (Wildman–Crippen MR) is 85.3 cm³/mol. The average molecular weight is 298 g/mol. The van der Waals surface area contributed by atoms with Crippen LogP contribution in [0.5, 0.6) is 5.75 Å². The maximum atomic E-state index is 10.1. The van der Waals surface area contributed by atoms with E-state index in [1.807, 2.05) is 0 Å². The first-order chi connectivity index (χ1) is 10.7. The molecule has 0 bridgehead atoms. The largest absolute Gasteiger partial charge is 0.489 e. The fraction of sp³-hybridized carbons (Fsp3) is 0.500. The van der Waals surface area contributed by atoms with Crippen molar-refractivity contribution in [2.75, 3.05) is 13.2 Å². The standard InChI is InChI=1S/C18H22N2O2/c1-2-18(10-6-3-7-11-18)20-13-16(21)14-22-17-9-5-4-8-15(17)12-19/h1,4-5,8-9,16,20-21H,3,6-7,10-11,13-14H2. The third kappa shape index (κ3) is 4.24. The van der Waals surface area contributed by atoms with Crippen molar-refractivity contribution < 1.29 is 9.84 Å². The van der Waals surface area contributed by atoms with E-state index in [1.54, 1.807) is 24.3 Å². The molecule has 1 aliphatic carbocycles. The molecule has 1 fully saturated rings. The molecule has 2 rings (SSSR count). The smallest absolute Gasteiger partial charge is 0.137 e. The van der Waals surface area contributed by atoms with Crippen molar-refractivity contribution >= 4 is 0 Å². The molecule has 4 nitrogen and oxygen atoms in total. The Morgan fingerprint density at radius 2 is 2.05 bits per heavy atom. The van der Waals surface area contributed by atoms with E-state index in [1.165, 1.54) is 6.42 Å². The number of terminal acetylenes is 1. The predicted octanol–water partition coefficient (Wildman–Crippen LogP) is 2.22. The van der Waals surface area contributed by atoms with Crippen LogP contribution < -0.4 is 10.1 Å². The quantitative estimate of drug-likeness (QED) is 0.790. The monoisotopic (exact) mass is 298 g/mol. The molecule has 0 heterocycles. The molecule has 116 valence electrons. The van der Waals surface area contributed by atoms with Crippen molar-refractivity contribution in [3.05, 3.63) is 29.8 Å². The van der Waals surface area contributed by atoms with Crippen LogP contribution in [0.2, 0.25) is 0 Å². The summed E-state index contributed by atoms with van der Waals surface area (Å²) in [6.45, 7) is 0.519. The number of ether oxygens (including phenoxy) is 1. The Kier molecular flexibility index (Phi) is 5.83. The number of aliphatic hydroxyl groups is 1. The number of rotatable bonds is 6. The Morgan fingerprint density at radius 1 is 1.32 bits per heavy atom. The van der Waals surface area contributed by atoms with E-state index in [4.69, 9.17) is 16.4 Å². The first-order valence-corrected chi connectivity index (χ1v) is 7.72. The number of nitrogens with zero attached hydrogens (tertiary/aromatic N) is 1. The molecular weight excluding hydrogens is 276 g/mol. The fourth-order valence-electron chi connectivity index (χ4n) is 2.77. The molecule has 4 heteroatoms. The molecular formula is C18H22N2O2. The topological polar surface area (TPSA) is 65.3 Å². The highest BCUT2D eigenvalue weighted by molar-refractivity contribution is 5.42. The van der Waals surface area contributed by atoms with E-state index in [-0.39, 0.29) is 12.1 Å². The van der Waals surface area contributed by atoms with Crippen LogP contribution in [0, 0.1) is 23.7 Å². The molecule has 1 aliphatic rings. The number of para-hydroxylation sites is 1. The van der Waals surface area contributed by atoms with Crippen molar-refractivity contribution in [1.29, 1.82) is 5.26 Å². The summed E-state index contributed by atoms with van der Waals surface area (Å²) in [5.74, 6) is 3.35. The summed E-state index contributed by atoms with van der Waals surface area (Å²) in [6, 6.07) is 9.07. The van der Waals surface area contributed by atoms with Crippen LogP contribution in [0.3, 0.4) is 0 Å². The number of nitriles is 1. The van der Waals surface area contributed by atoms with Gasteiger partial charge in [0.1, 0.15) is 24.5 Å². The average Bonchev–Trinajstić information content (AvgIpc) is 2.59. The van der Waals surface area contributed by atoms with Crippen LogP contribution in [0.1, 0.15) is 37.7 Å². The van der Waals surface area contributed by atoms with Crippen LogP contribution >= 0.6 is 0 Å². The Bertz CT molecular complexity index is 565. The molecule has 22 heavy (non-hydrogen) atoms. The molecule has 0 radical (unpaired) electrons. The molecule has 1 unspecified atom stereocenters. The van der Waals surface area contributed by atoms with Gasteiger partial charge >= 0.3 is 0 Å². The maximum absolute atomic E-state index is 10.1. The van der Waals surface area contributed by atoms with Crippen LogP contribution in [-0.4, -0.2) is 29.9 Å². The highest BCUT2D eigenvalue weighted by Gasteiger charge is 2.29. The first-order valence-electron chi connectivity index (χ1n) is 7.72. The van der Waals surface area contributed by atoms with Crippen molar-refractivity contribution in [1.82, 2.24) is 5.32 Å². The van der Waals surface area contributed by atoms with Crippen LogP contribution in [0.25, 0.3) is 0 Å². The van der Waals surface area contributed by atoms with E-state index >= 15 is 0 Å². The molecule has 1 saturated carbocycles. The zero-order valence-electron chi connectivity index (χ0n) is 12.7. The molecule has 0 aromatic heterocycles. The molecule has 2 N–H and O–H groups in total. The second-order valence-corrected chi connectivity index (χ2v) is 5.74. The molecule has 0 saturated heterocycles. The zero-order chi connectivity index (χ0) is 15.8. The van der Waals surface area contributed by atoms with Crippen LogP contribution in [0.4, 0.5) is 0 Å². The molecule has 1 atom stereocenters. The first kappa shape index (κ1) is 16.4. The molecule has 1 aromatic carbocycles. The minimum absolute atomic E-state index is 0.131. The van der Waals surface area contributed by atoms with Crippen molar-refractivity contribution in [3.8, 4) is 24.2 Å². The maximum Gasteiger partial charge on any atom is 0.137 e. The summed E-state index contributed by atoms with van der Waals surface area (Å²) in [6.07, 6.45) is 10.4. The number of benzene rings is 1. The van der Waals surface area contributed by atoms with Crippen molar-refractivity contribution in [2.45, 2.75) is 43.7 Å². The minimum Gasteiger partial charge on any atom is -0.489 e. The normalized spacial score (nSPS) is 18.0. The van der Waals surface area contributed by atoms with Gasteiger partial charge in [-0.1, -0.05) is 37.3 Å². The second-order valence-electron chi connectivity index (χ2n) is 5.74. The summed E-state index contributed by atoms with van der Waals surface area (Å²) < 4.78 is 5.53. The second kappa shape index (κ2) is 7.84. The SMILES string of the molecule is C#CC1(NCC(O)COc2ccccc2C#N)CCCCC1. The van der Waals surface area contributed by atoms with Gasteiger partial charge in [0.25, 0.3) is 0 Å². The zero-order valence-corrected chi connectivity index (χ0v) is 12.7. The van der Waals surface area contributed by atoms with Gasteiger partial charge in [0.15, 0.2) is 0 Å². The third-order valence-corrected chi connectivity index (χ3v) is 4.10. The summed E-state index contributed by atoms with van der Waals surface area (Å²) in [5, 5.41) is 22.4. The number of hydrogen-bond donors (Lipinski definition) is 2. The van der Waals surface area contributed by atoms with Gasteiger partial charge in [-0.05, 0) is 25.0 Å². The summed E-state index contributed by atoms with van der Waals surface area (Å²) in [7, 11) is 0. The Labute approximate surface area is 132 Å². The van der Waals surface area contributed by atoms with Crippen molar-refractivity contribution in [3.63, 3.8) is 0 Å². The Balaban J connectivity index is 1.82. The van der Waals surface area contributed by atoms with Crippen molar-refractivity contribution in [2.24, 2.45) is 0 Å². The van der Waals surface area contributed by atoms with Gasteiger partial charge in [-0.3, -0.25) is 5.32 Å². The number of aliphatic hydroxyl groups excluding tert-OH is 1. The lowest BCUT2D eigenvalue weighted by Crippen LogP contribution is -2.49. The third-order valence-electron chi connectivity index (χ3n) is 4.10. The van der Waals surface area contributed by atoms with Gasteiger partial charge in [0, 0.05) is 6.54 Å². The number of β-amino-alcohol motifs (C(OH)–C–C–N with tert-alkyl or cyclic N) is 1. The molecule has 0 spiro atoms. The lowest BCUT2D eigenvalue weighted by atomic mass is 9.82. The van der Waals surface area contributed by atoms with Gasteiger partial charge < -0.3 is 9.84 Å². The van der Waals surface area contributed by atoms with Crippen LogP contribution in [0.15, 0.2) is 24.3 Å². The summed E-state index contributed by atoms with van der Waals surface area (Å²) in [5.41, 5.74) is 0.180. The molecule has 0 amide bonds. The molecule has 1 aromatic rings. The van der Waals surface area contributed by atoms with E-state index in [9.17, 15) is 5.11 Å². The van der Waals surface area contributed by atoms with Gasteiger partial charge in [0.2, 0.25) is 0 Å². The minimum atomic E-state index is -0.668. The van der Waals surface area contributed by atoms with Crippen LogP contribution in [-0.2, 0) is 0 Å². The van der Waals surface area contributed by atoms with Gasteiger partial charge in [-0.2, -0.15) is 5.26 Å². The molecule has 0 aliphatic heterocycles. The van der Waals surface area contributed by atoms with E-state index in [2.05, 4.69) is 17.3 Å². The van der Waals surface area contributed by atoms with Gasteiger partial charge in [-0.25, -0.2) is 0 Å². The van der Waals surface area contributed by atoms with E-state index in [0.29, 0.717) is 17.9 Å². The fourth-order valence-corrected chi connectivity index (χ4v) is 2.77. The highest BCUT2D eigenvalue weighted by atomic mass is 16.5. The Hall–Kier alpha value is -2.01. The number of nitrogens with one attached hydrogen (secondary N) is 1.